The Morgan fingerprint density at radius 3 is 2.52 bits per heavy atom. The smallest absolute Gasteiger partial charge is 0.210 e. The number of rotatable bonds is 7. The van der Waals surface area contributed by atoms with Gasteiger partial charge in [-0.2, -0.15) is 0 Å². The van der Waals surface area contributed by atoms with Crippen molar-refractivity contribution in [3.63, 3.8) is 0 Å². The van der Waals surface area contributed by atoms with Crippen LogP contribution < -0.4 is 4.74 Å². The van der Waals surface area contributed by atoms with Crippen LogP contribution in [0.1, 0.15) is 61.5 Å². The second-order valence-corrected chi connectivity index (χ2v) is 9.20. The summed E-state index contributed by atoms with van der Waals surface area (Å²) in [5.74, 6) is -2.48. The number of Topliss-reactive ketones (excluding diaryl/α,β-unsaturated/α-hetero) is 1. The molecular weight excluding hydrogens is 428 g/mol. The standard InChI is InChI=1S/C25H30O8/c1-14(5-4-10-24(2,3)31)6-7-16-18(27)9-8-17(22(16)29)25(32)13-33-20-12-15(26)11-19(28)21(20)23(25)30/h6,8-9,11-12,26-29,31-32H,4-5,7,10,13H2,1-3H3. The predicted octanol–water partition coefficient (Wildman–Crippen LogP) is 3.40. The zero-order valence-electron chi connectivity index (χ0n) is 18.9. The summed E-state index contributed by atoms with van der Waals surface area (Å²) >= 11 is 0. The maximum atomic E-state index is 13.1. The Kier molecular flexibility index (Phi) is 6.63. The van der Waals surface area contributed by atoms with Gasteiger partial charge in [-0.05, 0) is 58.6 Å². The van der Waals surface area contributed by atoms with Gasteiger partial charge >= 0.3 is 0 Å². The molecule has 0 fully saturated rings. The lowest BCUT2D eigenvalue weighted by atomic mass is 9.82. The molecule has 0 aromatic heterocycles. The highest BCUT2D eigenvalue weighted by molar-refractivity contribution is 6.08. The van der Waals surface area contributed by atoms with Crippen molar-refractivity contribution in [1.82, 2.24) is 0 Å². The van der Waals surface area contributed by atoms with Crippen LogP contribution in [0.3, 0.4) is 0 Å². The quantitative estimate of drug-likeness (QED) is 0.346. The van der Waals surface area contributed by atoms with Crippen LogP contribution in [0.4, 0.5) is 0 Å². The molecule has 1 heterocycles. The molecule has 8 nitrogen and oxygen atoms in total. The third-order valence-corrected chi connectivity index (χ3v) is 5.82. The van der Waals surface area contributed by atoms with Gasteiger partial charge in [0.1, 0.15) is 40.9 Å². The minimum absolute atomic E-state index is 0.0784. The molecule has 3 rings (SSSR count). The first kappa shape index (κ1) is 24.4. The normalized spacial score (nSPS) is 18.7. The highest BCUT2D eigenvalue weighted by atomic mass is 16.5. The van der Waals surface area contributed by atoms with Gasteiger partial charge in [-0.1, -0.05) is 11.6 Å². The highest BCUT2D eigenvalue weighted by Crippen LogP contribution is 2.45. The largest absolute Gasteiger partial charge is 0.508 e. The van der Waals surface area contributed by atoms with Crippen molar-refractivity contribution in [1.29, 1.82) is 0 Å². The van der Waals surface area contributed by atoms with Crippen LogP contribution in [0.5, 0.6) is 28.7 Å². The molecule has 0 radical (unpaired) electrons. The Morgan fingerprint density at radius 2 is 1.85 bits per heavy atom. The molecule has 1 aliphatic heterocycles. The molecule has 1 unspecified atom stereocenters. The van der Waals surface area contributed by atoms with E-state index in [-0.39, 0.29) is 40.4 Å². The lowest BCUT2D eigenvalue weighted by Crippen LogP contribution is -2.45. The SMILES string of the molecule is CC(=CCc1c(O)ccc(C2(O)COc3cc(O)cc(O)c3C2=O)c1O)CCCC(C)(C)O. The summed E-state index contributed by atoms with van der Waals surface area (Å²) in [4.78, 5) is 13.1. The van der Waals surface area contributed by atoms with Crippen LogP contribution in [0, 0.1) is 0 Å². The molecule has 1 atom stereocenters. The van der Waals surface area contributed by atoms with Gasteiger partial charge in [-0.25, -0.2) is 0 Å². The molecule has 2 aromatic carbocycles. The molecule has 0 bridgehead atoms. The number of aliphatic hydroxyl groups is 2. The van der Waals surface area contributed by atoms with Crippen LogP contribution in [0.2, 0.25) is 0 Å². The number of ketones is 1. The van der Waals surface area contributed by atoms with E-state index in [2.05, 4.69) is 0 Å². The van der Waals surface area contributed by atoms with E-state index in [9.17, 15) is 35.4 Å². The minimum atomic E-state index is -2.31. The number of carbonyl (C=O) groups excluding carboxylic acids is 1. The van der Waals surface area contributed by atoms with Gasteiger partial charge in [0.2, 0.25) is 5.78 Å². The van der Waals surface area contributed by atoms with Crippen molar-refractivity contribution < 1.29 is 40.2 Å². The molecule has 2 aromatic rings. The predicted molar refractivity (Wildman–Crippen MR) is 121 cm³/mol. The van der Waals surface area contributed by atoms with Crippen LogP contribution >= 0.6 is 0 Å². The number of fused-ring (bicyclic) bond motifs is 1. The zero-order chi connectivity index (χ0) is 24.6. The van der Waals surface area contributed by atoms with Crippen LogP contribution in [-0.4, -0.2) is 48.6 Å². The molecule has 0 saturated carbocycles. The number of allylic oxidation sites excluding steroid dienone is 2. The Balaban J connectivity index is 1.89. The summed E-state index contributed by atoms with van der Waals surface area (Å²) in [6.07, 6.45) is 4.11. The van der Waals surface area contributed by atoms with Crippen molar-refractivity contribution in [2.75, 3.05) is 6.61 Å². The van der Waals surface area contributed by atoms with Gasteiger partial charge < -0.3 is 35.4 Å². The van der Waals surface area contributed by atoms with Crippen LogP contribution in [0.15, 0.2) is 35.9 Å². The number of benzene rings is 2. The number of ether oxygens (including phenoxy) is 1. The molecular formula is C25H30O8. The maximum absolute atomic E-state index is 13.1. The van der Waals surface area contributed by atoms with Crippen LogP contribution in [0.25, 0.3) is 0 Å². The van der Waals surface area contributed by atoms with E-state index in [1.54, 1.807) is 13.8 Å². The molecule has 0 amide bonds. The molecule has 0 spiro atoms. The van der Waals surface area contributed by atoms with Gasteiger partial charge in [0.25, 0.3) is 0 Å². The summed E-state index contributed by atoms with van der Waals surface area (Å²) in [6, 6.07) is 4.62. The summed E-state index contributed by atoms with van der Waals surface area (Å²) < 4.78 is 5.42. The summed E-state index contributed by atoms with van der Waals surface area (Å²) in [7, 11) is 0. The summed E-state index contributed by atoms with van der Waals surface area (Å²) in [6.45, 7) is 4.85. The Bertz CT molecular complexity index is 1100. The second-order valence-electron chi connectivity index (χ2n) is 9.20. The zero-order valence-corrected chi connectivity index (χ0v) is 18.9. The minimum Gasteiger partial charge on any atom is -0.508 e. The first-order valence-electron chi connectivity index (χ1n) is 10.7. The van der Waals surface area contributed by atoms with Crippen molar-refractivity contribution in [2.45, 2.75) is 57.7 Å². The van der Waals surface area contributed by atoms with E-state index < -0.39 is 35.1 Å². The number of hydrogen-bond donors (Lipinski definition) is 6. The Labute approximate surface area is 192 Å². The van der Waals surface area contributed by atoms with Gasteiger partial charge in [0, 0.05) is 23.3 Å². The van der Waals surface area contributed by atoms with Gasteiger partial charge in [0.05, 0.1) is 5.60 Å². The third kappa shape index (κ3) is 5.07. The van der Waals surface area contributed by atoms with E-state index >= 15 is 0 Å². The number of phenolic OH excluding ortho intramolecular Hbond substituents is 4. The molecule has 6 N–H and O–H groups in total. The monoisotopic (exact) mass is 458 g/mol. The number of hydrogen-bond acceptors (Lipinski definition) is 8. The molecule has 8 heteroatoms. The lowest BCUT2D eigenvalue weighted by Gasteiger charge is -2.33. The van der Waals surface area contributed by atoms with Crippen molar-refractivity contribution in [3.05, 3.63) is 52.6 Å². The summed E-state index contributed by atoms with van der Waals surface area (Å²) in [5, 5.41) is 61.9. The first-order valence-corrected chi connectivity index (χ1v) is 10.7. The maximum Gasteiger partial charge on any atom is 0.210 e. The highest BCUT2D eigenvalue weighted by Gasteiger charge is 2.47. The molecule has 1 aliphatic rings. The number of carbonyl (C=O) groups is 1. The average Bonchev–Trinajstić information content (AvgIpc) is 2.69. The van der Waals surface area contributed by atoms with Crippen molar-refractivity contribution >= 4 is 5.78 Å². The average molecular weight is 459 g/mol. The van der Waals surface area contributed by atoms with Gasteiger partial charge in [0.15, 0.2) is 5.60 Å². The van der Waals surface area contributed by atoms with E-state index in [1.165, 1.54) is 12.1 Å². The fraction of sp³-hybridized carbons (Fsp3) is 0.400. The van der Waals surface area contributed by atoms with Crippen molar-refractivity contribution in [3.8, 4) is 28.7 Å². The van der Waals surface area contributed by atoms with E-state index in [0.29, 0.717) is 6.42 Å². The molecule has 0 aliphatic carbocycles. The third-order valence-electron chi connectivity index (χ3n) is 5.82. The first-order chi connectivity index (χ1) is 15.3. The van der Waals surface area contributed by atoms with Crippen LogP contribution in [-0.2, 0) is 12.0 Å². The van der Waals surface area contributed by atoms with Gasteiger partial charge in [-0.15, -0.1) is 0 Å². The lowest BCUT2D eigenvalue weighted by molar-refractivity contribution is -0.00680. The molecule has 0 saturated heterocycles. The van der Waals surface area contributed by atoms with E-state index in [0.717, 1.165) is 30.5 Å². The fourth-order valence-electron chi connectivity index (χ4n) is 3.92. The number of aromatic hydroxyl groups is 4. The second kappa shape index (κ2) is 8.96. The van der Waals surface area contributed by atoms with Crippen molar-refractivity contribution in [2.24, 2.45) is 0 Å². The molecule has 33 heavy (non-hydrogen) atoms. The summed E-state index contributed by atoms with van der Waals surface area (Å²) in [5.41, 5.74) is -2.39. The Morgan fingerprint density at radius 1 is 1.15 bits per heavy atom. The molecule has 178 valence electrons. The van der Waals surface area contributed by atoms with E-state index in [4.69, 9.17) is 4.74 Å². The topological polar surface area (TPSA) is 148 Å². The Hall–Kier alpha value is -3.23. The van der Waals surface area contributed by atoms with E-state index in [1.807, 2.05) is 13.0 Å². The van der Waals surface area contributed by atoms with Gasteiger partial charge in [-0.3, -0.25) is 4.79 Å². The fourth-order valence-corrected chi connectivity index (χ4v) is 3.92. The number of phenols is 4.